The third kappa shape index (κ3) is 1.61. The molecule has 1 aromatic carbocycles. The van der Waals surface area contributed by atoms with E-state index in [1.807, 2.05) is 18.2 Å². The lowest BCUT2D eigenvalue weighted by atomic mass is 10.1. The lowest BCUT2D eigenvalue weighted by molar-refractivity contribution is 1.14. The predicted octanol–water partition coefficient (Wildman–Crippen LogP) is 2.47. The molecule has 0 unspecified atom stereocenters. The zero-order chi connectivity index (χ0) is 8.27. The van der Waals surface area contributed by atoms with E-state index < -0.39 is 0 Å². The van der Waals surface area contributed by atoms with Gasteiger partial charge in [0.2, 0.25) is 0 Å². The molecule has 0 aliphatic heterocycles. The van der Waals surface area contributed by atoms with Gasteiger partial charge in [-0.3, -0.25) is 0 Å². The molecule has 2 N–H and O–H groups in total. The monoisotopic (exact) mass is 147 g/mol. The third-order valence-electron chi connectivity index (χ3n) is 1.79. The molecular weight excluding hydrogens is 134 g/mol. The summed E-state index contributed by atoms with van der Waals surface area (Å²) >= 11 is 0. The van der Waals surface area contributed by atoms with Crippen molar-refractivity contribution in [1.82, 2.24) is 0 Å². The number of hydrogen-bond donors (Lipinski definition) is 1. The van der Waals surface area contributed by atoms with Gasteiger partial charge in [0.1, 0.15) is 0 Å². The zero-order valence-electron chi connectivity index (χ0n) is 6.80. The van der Waals surface area contributed by atoms with Crippen LogP contribution in [0, 0.1) is 0 Å². The molecule has 0 aliphatic carbocycles. The van der Waals surface area contributed by atoms with Crippen LogP contribution in [-0.4, -0.2) is 0 Å². The van der Waals surface area contributed by atoms with Gasteiger partial charge in [0, 0.05) is 5.69 Å². The van der Waals surface area contributed by atoms with Gasteiger partial charge in [-0.25, -0.2) is 0 Å². The van der Waals surface area contributed by atoms with Crippen LogP contribution in [0.5, 0.6) is 0 Å². The molecule has 11 heavy (non-hydrogen) atoms. The number of nitrogens with two attached hydrogens (primary N) is 1. The van der Waals surface area contributed by atoms with E-state index in [-0.39, 0.29) is 0 Å². The number of benzene rings is 1. The average molecular weight is 147 g/mol. The maximum Gasteiger partial charge on any atom is 0.0352 e. The van der Waals surface area contributed by atoms with Crippen molar-refractivity contribution in [2.75, 3.05) is 5.73 Å². The fourth-order valence-electron chi connectivity index (χ4n) is 1.06. The van der Waals surface area contributed by atoms with Crippen molar-refractivity contribution in [2.45, 2.75) is 13.3 Å². The number of aryl methyl sites for hydroxylation is 1. The molecule has 0 aromatic heterocycles. The Hall–Kier alpha value is -1.24. The Morgan fingerprint density at radius 2 is 2.27 bits per heavy atom. The first-order valence-electron chi connectivity index (χ1n) is 3.78. The molecular formula is C10H13N. The summed E-state index contributed by atoms with van der Waals surface area (Å²) in [6, 6.07) is 6.03. The highest BCUT2D eigenvalue weighted by Crippen LogP contribution is 2.14. The van der Waals surface area contributed by atoms with Gasteiger partial charge in [-0.1, -0.05) is 31.7 Å². The summed E-state index contributed by atoms with van der Waals surface area (Å²) in [5, 5.41) is 0. The minimum Gasteiger partial charge on any atom is -0.398 e. The number of anilines is 1. The second-order valence-electron chi connectivity index (χ2n) is 2.52. The van der Waals surface area contributed by atoms with Crippen LogP contribution < -0.4 is 5.73 Å². The van der Waals surface area contributed by atoms with Gasteiger partial charge < -0.3 is 5.73 Å². The molecule has 0 heterocycles. The Balaban J connectivity index is 3.09. The molecule has 1 nitrogen and oxygen atoms in total. The highest BCUT2D eigenvalue weighted by atomic mass is 14.6. The summed E-state index contributed by atoms with van der Waals surface area (Å²) in [7, 11) is 0. The van der Waals surface area contributed by atoms with E-state index in [1.54, 1.807) is 6.08 Å². The van der Waals surface area contributed by atoms with Gasteiger partial charge >= 0.3 is 0 Å². The molecule has 0 amide bonds. The summed E-state index contributed by atoms with van der Waals surface area (Å²) in [5.41, 5.74) is 8.91. The van der Waals surface area contributed by atoms with Gasteiger partial charge in [-0.2, -0.15) is 0 Å². The van der Waals surface area contributed by atoms with E-state index in [9.17, 15) is 0 Å². The molecule has 1 rings (SSSR count). The first kappa shape index (κ1) is 7.86. The first-order chi connectivity index (χ1) is 5.27. The summed E-state index contributed by atoms with van der Waals surface area (Å²) in [6.07, 6.45) is 2.79. The van der Waals surface area contributed by atoms with E-state index in [4.69, 9.17) is 5.73 Å². The highest BCUT2D eigenvalue weighted by Gasteiger charge is 1.95. The Morgan fingerprint density at radius 1 is 1.55 bits per heavy atom. The molecule has 0 fully saturated rings. The SMILES string of the molecule is C=Cc1ccc(CC)c(N)c1. The smallest absolute Gasteiger partial charge is 0.0352 e. The molecule has 1 heteroatoms. The summed E-state index contributed by atoms with van der Waals surface area (Å²) < 4.78 is 0. The maximum atomic E-state index is 5.76. The lowest BCUT2D eigenvalue weighted by Gasteiger charge is -2.02. The minimum absolute atomic E-state index is 0.866. The van der Waals surface area contributed by atoms with Crippen LogP contribution in [-0.2, 0) is 6.42 Å². The molecule has 0 spiro atoms. The van der Waals surface area contributed by atoms with Crippen LogP contribution in [0.25, 0.3) is 6.08 Å². The normalized spacial score (nSPS) is 9.55. The van der Waals surface area contributed by atoms with E-state index in [0.29, 0.717) is 0 Å². The Bertz CT molecular complexity index is 264. The van der Waals surface area contributed by atoms with Crippen LogP contribution in [0.2, 0.25) is 0 Å². The standard InChI is InChI=1S/C10H13N/c1-3-8-5-6-9(4-2)10(11)7-8/h3,5-7H,1,4,11H2,2H3. The Morgan fingerprint density at radius 3 is 2.73 bits per heavy atom. The molecule has 0 aliphatic rings. The van der Waals surface area contributed by atoms with Gasteiger partial charge in [-0.15, -0.1) is 0 Å². The van der Waals surface area contributed by atoms with Gasteiger partial charge in [0.05, 0.1) is 0 Å². The topological polar surface area (TPSA) is 26.0 Å². The van der Waals surface area contributed by atoms with Crippen molar-refractivity contribution >= 4 is 11.8 Å². The molecule has 0 saturated heterocycles. The molecule has 0 saturated carbocycles. The minimum atomic E-state index is 0.866. The van der Waals surface area contributed by atoms with Crippen molar-refractivity contribution in [1.29, 1.82) is 0 Å². The Kier molecular flexibility index (Phi) is 2.32. The lowest BCUT2D eigenvalue weighted by Crippen LogP contribution is -1.92. The van der Waals surface area contributed by atoms with E-state index in [1.165, 1.54) is 5.56 Å². The first-order valence-corrected chi connectivity index (χ1v) is 3.78. The second kappa shape index (κ2) is 3.24. The third-order valence-corrected chi connectivity index (χ3v) is 1.79. The fraction of sp³-hybridized carbons (Fsp3) is 0.200. The molecule has 0 bridgehead atoms. The summed E-state index contributed by atoms with van der Waals surface area (Å²) in [4.78, 5) is 0. The van der Waals surface area contributed by atoms with Gasteiger partial charge in [0.25, 0.3) is 0 Å². The van der Waals surface area contributed by atoms with Crippen LogP contribution >= 0.6 is 0 Å². The van der Waals surface area contributed by atoms with Crippen LogP contribution in [0.15, 0.2) is 24.8 Å². The van der Waals surface area contributed by atoms with Crippen LogP contribution in [0.4, 0.5) is 5.69 Å². The van der Waals surface area contributed by atoms with Crippen LogP contribution in [0.3, 0.4) is 0 Å². The average Bonchev–Trinajstić information content (AvgIpc) is 2.04. The second-order valence-corrected chi connectivity index (χ2v) is 2.52. The van der Waals surface area contributed by atoms with E-state index >= 15 is 0 Å². The molecule has 0 radical (unpaired) electrons. The number of hydrogen-bond acceptors (Lipinski definition) is 1. The maximum absolute atomic E-state index is 5.76. The van der Waals surface area contributed by atoms with Crippen molar-refractivity contribution in [2.24, 2.45) is 0 Å². The number of rotatable bonds is 2. The van der Waals surface area contributed by atoms with Crippen molar-refractivity contribution < 1.29 is 0 Å². The number of nitrogen functional groups attached to an aromatic ring is 1. The molecule has 58 valence electrons. The molecule has 1 aromatic rings. The fourth-order valence-corrected chi connectivity index (χ4v) is 1.06. The summed E-state index contributed by atoms with van der Waals surface area (Å²) in [5.74, 6) is 0. The van der Waals surface area contributed by atoms with E-state index in [2.05, 4.69) is 13.5 Å². The van der Waals surface area contributed by atoms with Crippen LogP contribution in [0.1, 0.15) is 18.1 Å². The van der Waals surface area contributed by atoms with Gasteiger partial charge in [0.15, 0.2) is 0 Å². The predicted molar refractivity (Wildman–Crippen MR) is 50.3 cm³/mol. The largest absolute Gasteiger partial charge is 0.398 e. The highest BCUT2D eigenvalue weighted by molar-refractivity contribution is 5.57. The Labute approximate surface area is 67.5 Å². The van der Waals surface area contributed by atoms with Crippen molar-refractivity contribution in [3.05, 3.63) is 35.9 Å². The molecule has 0 atom stereocenters. The van der Waals surface area contributed by atoms with Gasteiger partial charge in [-0.05, 0) is 23.6 Å². The quantitative estimate of drug-likeness (QED) is 0.639. The van der Waals surface area contributed by atoms with Crippen molar-refractivity contribution in [3.8, 4) is 0 Å². The summed E-state index contributed by atoms with van der Waals surface area (Å²) in [6.45, 7) is 5.77. The van der Waals surface area contributed by atoms with Crippen molar-refractivity contribution in [3.63, 3.8) is 0 Å². The zero-order valence-corrected chi connectivity index (χ0v) is 6.80. The van der Waals surface area contributed by atoms with E-state index in [0.717, 1.165) is 17.7 Å².